The van der Waals surface area contributed by atoms with Gasteiger partial charge in [0, 0.05) is 19.7 Å². The van der Waals surface area contributed by atoms with E-state index in [0.717, 1.165) is 0 Å². The lowest BCUT2D eigenvalue weighted by Gasteiger charge is -2.14. The van der Waals surface area contributed by atoms with Crippen LogP contribution < -0.4 is 0 Å². The van der Waals surface area contributed by atoms with Gasteiger partial charge in [0.15, 0.2) is 0 Å². The van der Waals surface area contributed by atoms with Gasteiger partial charge >= 0.3 is 11.9 Å². The van der Waals surface area contributed by atoms with E-state index in [0.29, 0.717) is 0 Å². The first-order valence-electron chi connectivity index (χ1n) is 3.41. The zero-order valence-corrected chi connectivity index (χ0v) is 6.52. The molecule has 0 radical (unpaired) electrons. The largest absolute Gasteiger partial charge is 0.480 e. The topological polar surface area (TPSA) is 77.8 Å². The number of rotatable bonds is 2. The molecule has 0 spiro atoms. The second kappa shape index (κ2) is 2.84. The van der Waals surface area contributed by atoms with Crippen molar-refractivity contribution in [2.45, 2.75) is 12.5 Å². The minimum atomic E-state index is -1.05. The molecule has 12 heavy (non-hydrogen) atoms. The smallest absolute Gasteiger partial charge is 0.333 e. The molecular formula is C7H9NO4. The molecule has 1 atom stereocenters. The van der Waals surface area contributed by atoms with Gasteiger partial charge in [-0.2, -0.15) is 0 Å². The van der Waals surface area contributed by atoms with Crippen LogP contribution in [0.25, 0.3) is 0 Å². The van der Waals surface area contributed by atoms with Crippen molar-refractivity contribution in [1.82, 2.24) is 4.90 Å². The first kappa shape index (κ1) is 8.58. The maximum atomic E-state index is 10.5. The summed E-state index contributed by atoms with van der Waals surface area (Å²) >= 11 is 0. The highest BCUT2D eigenvalue weighted by Crippen LogP contribution is 2.19. The molecule has 66 valence electrons. The maximum Gasteiger partial charge on any atom is 0.333 e. The van der Waals surface area contributed by atoms with Crippen molar-refractivity contribution < 1.29 is 19.8 Å². The van der Waals surface area contributed by atoms with Crippen LogP contribution in [0.1, 0.15) is 6.42 Å². The normalized spacial score (nSPS) is 22.2. The Morgan fingerprint density at radius 2 is 2.17 bits per heavy atom. The lowest BCUT2D eigenvalue weighted by atomic mass is 10.1. The Morgan fingerprint density at radius 3 is 2.42 bits per heavy atom. The molecule has 1 aliphatic rings. The number of carboxylic acids is 2. The van der Waals surface area contributed by atoms with Crippen molar-refractivity contribution in [2.24, 2.45) is 0 Å². The maximum absolute atomic E-state index is 10.5. The van der Waals surface area contributed by atoms with Gasteiger partial charge in [-0.05, 0) is 0 Å². The van der Waals surface area contributed by atoms with Gasteiger partial charge in [0.25, 0.3) is 0 Å². The molecule has 1 rings (SSSR count). The number of likely N-dealkylation sites (N-methyl/N-ethyl adjacent to an activating group) is 1. The fraction of sp³-hybridized carbons (Fsp3) is 0.429. The molecule has 0 aromatic carbocycles. The Morgan fingerprint density at radius 1 is 1.58 bits per heavy atom. The van der Waals surface area contributed by atoms with Crippen LogP contribution in [-0.4, -0.2) is 40.1 Å². The van der Waals surface area contributed by atoms with Crippen molar-refractivity contribution in [3.8, 4) is 0 Å². The molecule has 0 fully saturated rings. The number of aliphatic carboxylic acids is 2. The molecule has 0 aliphatic carbocycles. The van der Waals surface area contributed by atoms with Crippen LogP contribution in [0.15, 0.2) is 11.8 Å². The molecule has 0 amide bonds. The van der Waals surface area contributed by atoms with Crippen molar-refractivity contribution >= 4 is 11.9 Å². The van der Waals surface area contributed by atoms with E-state index in [2.05, 4.69) is 0 Å². The third kappa shape index (κ3) is 1.39. The predicted octanol–water partition coefficient (Wildman–Crippen LogP) is -0.256. The minimum Gasteiger partial charge on any atom is -0.480 e. The summed E-state index contributed by atoms with van der Waals surface area (Å²) in [4.78, 5) is 22.3. The minimum absolute atomic E-state index is 0.0706. The van der Waals surface area contributed by atoms with Gasteiger partial charge in [0.2, 0.25) is 0 Å². The van der Waals surface area contributed by atoms with Gasteiger partial charge in [-0.25, -0.2) is 9.59 Å². The SMILES string of the molecule is CN1C=C(C(=O)O)CC1C(=O)O. The molecule has 1 aliphatic heterocycles. The van der Waals surface area contributed by atoms with Crippen LogP contribution in [0.3, 0.4) is 0 Å². The third-order valence-electron chi connectivity index (χ3n) is 1.82. The molecule has 0 saturated carbocycles. The number of hydrogen-bond acceptors (Lipinski definition) is 3. The highest BCUT2D eigenvalue weighted by molar-refractivity contribution is 5.89. The number of carbonyl (C=O) groups is 2. The Kier molecular flexibility index (Phi) is 2.03. The van der Waals surface area contributed by atoms with Gasteiger partial charge in [-0.15, -0.1) is 0 Å². The van der Waals surface area contributed by atoms with E-state index in [1.165, 1.54) is 11.1 Å². The summed E-state index contributed by atoms with van der Waals surface area (Å²) < 4.78 is 0. The molecule has 1 unspecified atom stereocenters. The van der Waals surface area contributed by atoms with Crippen molar-refractivity contribution in [3.05, 3.63) is 11.8 Å². The Bertz CT molecular complexity index is 258. The fourth-order valence-corrected chi connectivity index (χ4v) is 1.14. The molecule has 0 aromatic heterocycles. The van der Waals surface area contributed by atoms with E-state index >= 15 is 0 Å². The highest BCUT2D eigenvalue weighted by Gasteiger charge is 2.30. The summed E-state index contributed by atoms with van der Waals surface area (Å²) in [5, 5.41) is 17.2. The standard InChI is InChI=1S/C7H9NO4/c1-8-3-4(6(9)10)2-5(8)7(11)12/h3,5H,2H2,1H3,(H,9,10)(H,11,12). The van der Waals surface area contributed by atoms with E-state index in [-0.39, 0.29) is 12.0 Å². The second-order valence-corrected chi connectivity index (χ2v) is 2.68. The Hall–Kier alpha value is -1.52. The predicted molar refractivity (Wildman–Crippen MR) is 39.5 cm³/mol. The molecule has 0 bridgehead atoms. The van der Waals surface area contributed by atoms with E-state index in [1.807, 2.05) is 0 Å². The average molecular weight is 171 g/mol. The lowest BCUT2D eigenvalue weighted by Crippen LogP contribution is -2.31. The Balaban J connectivity index is 2.73. The van der Waals surface area contributed by atoms with E-state index < -0.39 is 18.0 Å². The van der Waals surface area contributed by atoms with Gasteiger partial charge in [-0.3, -0.25) is 0 Å². The van der Waals surface area contributed by atoms with Crippen LogP contribution in [0.4, 0.5) is 0 Å². The first-order valence-corrected chi connectivity index (χ1v) is 3.41. The van der Waals surface area contributed by atoms with Crippen molar-refractivity contribution in [2.75, 3.05) is 7.05 Å². The Labute approximate surface area is 68.9 Å². The number of nitrogens with zero attached hydrogens (tertiary/aromatic N) is 1. The summed E-state index contributed by atoms with van der Waals surface area (Å²) in [5.41, 5.74) is 0.143. The summed E-state index contributed by atoms with van der Waals surface area (Å²) in [7, 11) is 1.55. The zero-order chi connectivity index (χ0) is 9.30. The van der Waals surface area contributed by atoms with E-state index in [9.17, 15) is 9.59 Å². The molecule has 1 heterocycles. The first-order chi connectivity index (χ1) is 5.52. The quantitative estimate of drug-likeness (QED) is 0.598. The third-order valence-corrected chi connectivity index (χ3v) is 1.82. The van der Waals surface area contributed by atoms with Crippen LogP contribution in [0.5, 0.6) is 0 Å². The fourth-order valence-electron chi connectivity index (χ4n) is 1.14. The molecular weight excluding hydrogens is 162 g/mol. The summed E-state index contributed by atoms with van der Waals surface area (Å²) in [6, 6.07) is -0.726. The van der Waals surface area contributed by atoms with Gasteiger partial charge in [-0.1, -0.05) is 0 Å². The highest BCUT2D eigenvalue weighted by atomic mass is 16.4. The van der Waals surface area contributed by atoms with Crippen LogP contribution in [0, 0.1) is 0 Å². The van der Waals surface area contributed by atoms with Crippen LogP contribution in [-0.2, 0) is 9.59 Å². The number of hydrogen-bond donors (Lipinski definition) is 2. The summed E-state index contributed by atoms with van der Waals surface area (Å²) in [6.07, 6.45) is 1.42. The molecule has 0 saturated heterocycles. The van der Waals surface area contributed by atoms with Gasteiger partial charge < -0.3 is 15.1 Å². The second-order valence-electron chi connectivity index (χ2n) is 2.68. The molecule has 5 heteroatoms. The molecule has 5 nitrogen and oxygen atoms in total. The zero-order valence-electron chi connectivity index (χ0n) is 6.52. The van der Waals surface area contributed by atoms with Crippen molar-refractivity contribution in [1.29, 1.82) is 0 Å². The van der Waals surface area contributed by atoms with Crippen LogP contribution >= 0.6 is 0 Å². The van der Waals surface area contributed by atoms with E-state index in [1.54, 1.807) is 7.05 Å². The number of carboxylic acid groups (broad SMARTS) is 2. The van der Waals surface area contributed by atoms with E-state index in [4.69, 9.17) is 10.2 Å². The average Bonchev–Trinajstić information content (AvgIpc) is 2.30. The van der Waals surface area contributed by atoms with Crippen LogP contribution in [0.2, 0.25) is 0 Å². The van der Waals surface area contributed by atoms with Gasteiger partial charge in [0.05, 0.1) is 5.57 Å². The van der Waals surface area contributed by atoms with Crippen molar-refractivity contribution in [3.63, 3.8) is 0 Å². The van der Waals surface area contributed by atoms with Gasteiger partial charge in [0.1, 0.15) is 6.04 Å². The molecule has 0 aromatic rings. The molecule has 2 N–H and O–H groups in total. The monoisotopic (exact) mass is 171 g/mol. The summed E-state index contributed by atoms with van der Waals surface area (Å²) in [5.74, 6) is -2.05. The summed E-state index contributed by atoms with van der Waals surface area (Å²) in [6.45, 7) is 0. The lowest BCUT2D eigenvalue weighted by molar-refractivity contribution is -0.141.